The lowest BCUT2D eigenvalue weighted by atomic mass is 10.2. The van der Waals surface area contributed by atoms with E-state index >= 15 is 0 Å². The van der Waals surface area contributed by atoms with Gasteiger partial charge in [-0.3, -0.25) is 4.99 Å². The standard InChI is InChI=1S/C15H23ClN4/c1-7-17-11(4)8-9-20(10(2)3)14-12(5)13(6)18-15(16)19-14/h7,10H,4,8-9H2,1-3,5-6H3/b17-7-. The molecule has 4 nitrogen and oxygen atoms in total. The maximum atomic E-state index is 5.99. The van der Waals surface area contributed by atoms with Crippen LogP contribution in [0, 0.1) is 13.8 Å². The smallest absolute Gasteiger partial charge is 0.224 e. The fraction of sp³-hybridized carbons (Fsp3) is 0.533. The summed E-state index contributed by atoms with van der Waals surface area (Å²) in [5, 5.41) is 0.291. The normalized spacial score (nSPS) is 11.3. The Morgan fingerprint density at radius 2 is 2.05 bits per heavy atom. The van der Waals surface area contributed by atoms with E-state index in [2.05, 4.69) is 40.3 Å². The number of nitrogens with zero attached hydrogens (tertiary/aromatic N) is 4. The lowest BCUT2D eigenvalue weighted by molar-refractivity contribution is 0.662. The minimum absolute atomic E-state index is 0.291. The van der Waals surface area contributed by atoms with E-state index in [9.17, 15) is 0 Å². The van der Waals surface area contributed by atoms with Gasteiger partial charge in [0.05, 0.1) is 0 Å². The maximum absolute atomic E-state index is 5.99. The van der Waals surface area contributed by atoms with E-state index in [1.807, 2.05) is 20.8 Å². The van der Waals surface area contributed by atoms with Crippen LogP contribution in [0.5, 0.6) is 0 Å². The number of hydrogen-bond donors (Lipinski definition) is 0. The third-order valence-electron chi connectivity index (χ3n) is 3.18. The Hall–Kier alpha value is -1.42. The van der Waals surface area contributed by atoms with Crippen molar-refractivity contribution in [2.45, 2.75) is 47.1 Å². The molecule has 0 aromatic carbocycles. The minimum atomic E-state index is 0.291. The van der Waals surface area contributed by atoms with Gasteiger partial charge in [0.25, 0.3) is 0 Å². The highest BCUT2D eigenvalue weighted by Crippen LogP contribution is 2.24. The fourth-order valence-electron chi connectivity index (χ4n) is 1.97. The monoisotopic (exact) mass is 294 g/mol. The van der Waals surface area contributed by atoms with Crippen molar-refractivity contribution in [3.63, 3.8) is 0 Å². The van der Waals surface area contributed by atoms with Crippen LogP contribution >= 0.6 is 11.6 Å². The van der Waals surface area contributed by atoms with Gasteiger partial charge >= 0.3 is 0 Å². The van der Waals surface area contributed by atoms with Gasteiger partial charge in [0.15, 0.2) is 0 Å². The Morgan fingerprint density at radius 3 is 2.60 bits per heavy atom. The molecular formula is C15H23ClN4. The molecule has 1 aromatic heterocycles. The van der Waals surface area contributed by atoms with Gasteiger partial charge < -0.3 is 4.90 Å². The van der Waals surface area contributed by atoms with Crippen molar-refractivity contribution in [3.05, 3.63) is 28.8 Å². The van der Waals surface area contributed by atoms with Crippen molar-refractivity contribution in [3.8, 4) is 0 Å². The van der Waals surface area contributed by atoms with Crippen molar-refractivity contribution in [1.29, 1.82) is 0 Å². The molecule has 0 fully saturated rings. The Balaban J connectivity index is 3.00. The summed E-state index contributed by atoms with van der Waals surface area (Å²) >= 11 is 5.99. The highest BCUT2D eigenvalue weighted by atomic mass is 35.5. The molecule has 0 aliphatic carbocycles. The van der Waals surface area contributed by atoms with Crippen LogP contribution in [0.15, 0.2) is 17.3 Å². The molecule has 1 rings (SSSR count). The summed E-state index contributed by atoms with van der Waals surface area (Å²) in [6.45, 7) is 14.9. The van der Waals surface area contributed by atoms with Gasteiger partial charge in [-0.2, -0.15) is 0 Å². The first-order valence-electron chi connectivity index (χ1n) is 6.80. The molecule has 110 valence electrons. The molecule has 0 N–H and O–H groups in total. The van der Waals surface area contributed by atoms with Crippen molar-refractivity contribution in [2.24, 2.45) is 4.99 Å². The second-order valence-electron chi connectivity index (χ2n) is 5.02. The third kappa shape index (κ3) is 4.30. The number of halogens is 1. The Morgan fingerprint density at radius 1 is 1.40 bits per heavy atom. The van der Waals surface area contributed by atoms with Crippen LogP contribution in [-0.2, 0) is 0 Å². The summed E-state index contributed by atoms with van der Waals surface area (Å²) in [4.78, 5) is 15.0. The van der Waals surface area contributed by atoms with E-state index in [4.69, 9.17) is 11.6 Å². The molecule has 20 heavy (non-hydrogen) atoms. The average Bonchev–Trinajstić information content (AvgIpc) is 2.35. The summed E-state index contributed by atoms with van der Waals surface area (Å²) in [5.74, 6) is 0.894. The molecule has 0 spiro atoms. The van der Waals surface area contributed by atoms with E-state index in [0.29, 0.717) is 11.3 Å². The third-order valence-corrected chi connectivity index (χ3v) is 3.35. The molecule has 0 saturated carbocycles. The molecule has 0 bridgehead atoms. The van der Waals surface area contributed by atoms with E-state index in [1.54, 1.807) is 6.21 Å². The first-order chi connectivity index (χ1) is 9.36. The van der Waals surface area contributed by atoms with Gasteiger partial charge in [-0.15, -0.1) is 0 Å². The molecule has 0 radical (unpaired) electrons. The molecule has 0 aliphatic heterocycles. The average molecular weight is 295 g/mol. The van der Waals surface area contributed by atoms with Crippen LogP contribution in [0.3, 0.4) is 0 Å². The van der Waals surface area contributed by atoms with Crippen LogP contribution in [0.1, 0.15) is 38.4 Å². The molecular weight excluding hydrogens is 272 g/mol. The fourth-order valence-corrected chi connectivity index (χ4v) is 2.17. The molecule has 1 aromatic rings. The van der Waals surface area contributed by atoms with Crippen LogP contribution in [0.25, 0.3) is 0 Å². The van der Waals surface area contributed by atoms with Gasteiger partial charge in [-0.1, -0.05) is 6.58 Å². The van der Waals surface area contributed by atoms with Crippen molar-refractivity contribution in [2.75, 3.05) is 11.4 Å². The quantitative estimate of drug-likeness (QED) is 0.589. The number of anilines is 1. The molecule has 0 atom stereocenters. The van der Waals surface area contributed by atoms with Crippen molar-refractivity contribution in [1.82, 2.24) is 9.97 Å². The molecule has 0 amide bonds. The summed E-state index contributed by atoms with van der Waals surface area (Å²) in [6, 6.07) is 0.317. The van der Waals surface area contributed by atoms with Crippen LogP contribution in [0.4, 0.5) is 5.82 Å². The predicted molar refractivity (Wildman–Crippen MR) is 86.9 cm³/mol. The van der Waals surface area contributed by atoms with Gasteiger partial charge in [0.2, 0.25) is 5.28 Å². The number of aliphatic imine (C=N–C) groups is 1. The van der Waals surface area contributed by atoms with Crippen molar-refractivity contribution < 1.29 is 0 Å². The summed E-state index contributed by atoms with van der Waals surface area (Å²) in [7, 11) is 0. The first-order valence-corrected chi connectivity index (χ1v) is 7.18. The van der Waals surface area contributed by atoms with Gasteiger partial charge in [0, 0.05) is 42.2 Å². The highest BCUT2D eigenvalue weighted by Gasteiger charge is 2.17. The van der Waals surface area contributed by atoms with Crippen LogP contribution in [-0.4, -0.2) is 28.8 Å². The first kappa shape index (κ1) is 16.6. The van der Waals surface area contributed by atoms with Gasteiger partial charge in [-0.25, -0.2) is 9.97 Å². The molecule has 1 heterocycles. The summed E-state index contributed by atoms with van der Waals surface area (Å²) in [6.07, 6.45) is 2.56. The SMILES string of the molecule is C=C(CCN(c1nc(Cl)nc(C)c1C)C(C)C)/N=C\C. The zero-order valence-corrected chi connectivity index (χ0v) is 13.7. The zero-order chi connectivity index (χ0) is 15.3. The van der Waals surface area contributed by atoms with E-state index in [-0.39, 0.29) is 0 Å². The predicted octanol–water partition coefficient (Wildman–Crippen LogP) is 3.96. The second kappa shape index (κ2) is 7.39. The Labute approximate surface area is 126 Å². The van der Waals surface area contributed by atoms with Crippen LogP contribution in [0.2, 0.25) is 5.28 Å². The van der Waals surface area contributed by atoms with Crippen LogP contribution < -0.4 is 4.90 Å². The molecule has 0 saturated heterocycles. The Kier molecular flexibility index (Phi) is 6.14. The molecule has 0 aliphatic rings. The van der Waals surface area contributed by atoms with E-state index < -0.39 is 0 Å². The number of rotatable bonds is 6. The lowest BCUT2D eigenvalue weighted by Gasteiger charge is -2.29. The molecule has 0 unspecified atom stereocenters. The van der Waals surface area contributed by atoms with E-state index in [0.717, 1.165) is 35.7 Å². The van der Waals surface area contributed by atoms with Crippen molar-refractivity contribution >= 4 is 23.6 Å². The summed E-state index contributed by atoms with van der Waals surface area (Å²) < 4.78 is 0. The largest absolute Gasteiger partial charge is 0.353 e. The molecule has 5 heteroatoms. The number of aromatic nitrogens is 2. The minimum Gasteiger partial charge on any atom is -0.353 e. The summed E-state index contributed by atoms with van der Waals surface area (Å²) in [5.41, 5.74) is 2.84. The van der Waals surface area contributed by atoms with Gasteiger partial charge in [0.1, 0.15) is 5.82 Å². The zero-order valence-electron chi connectivity index (χ0n) is 12.9. The highest BCUT2D eigenvalue weighted by molar-refractivity contribution is 6.28. The van der Waals surface area contributed by atoms with E-state index in [1.165, 1.54) is 0 Å². The maximum Gasteiger partial charge on any atom is 0.224 e. The van der Waals surface area contributed by atoms with Gasteiger partial charge in [-0.05, 0) is 46.2 Å². The number of aryl methyl sites for hydroxylation is 1. The topological polar surface area (TPSA) is 41.4 Å². The second-order valence-corrected chi connectivity index (χ2v) is 5.36. The lowest BCUT2D eigenvalue weighted by Crippen LogP contribution is -2.33. The number of hydrogen-bond acceptors (Lipinski definition) is 4. The Bertz CT molecular complexity index is 509.